The summed E-state index contributed by atoms with van der Waals surface area (Å²) >= 11 is 4.51. The molecule has 31 heavy (non-hydrogen) atoms. The van der Waals surface area contributed by atoms with E-state index in [1.54, 1.807) is 30.0 Å². The van der Waals surface area contributed by atoms with Gasteiger partial charge in [0.25, 0.3) is 5.91 Å². The Morgan fingerprint density at radius 3 is 2.87 bits per heavy atom. The standard InChI is InChI=1S/C21H22N4O3S3/c1-3-28-17-6-4-5-16(19(17)27)11-22-23-18(26)13-30-21-25-24-20(31-21)29-12-15-9-7-14(2)8-10-15/h4-11,27H,3,12-13H2,1-2H3,(H,23,26). The van der Waals surface area contributed by atoms with Crippen molar-refractivity contribution in [1.82, 2.24) is 10.5 Å². The van der Waals surface area contributed by atoms with Gasteiger partial charge in [-0.1, -0.05) is 64.6 Å². The molecular weight excluding hydrogens is 452 g/mol. The van der Waals surface area contributed by atoms with Crippen LogP contribution in [0.4, 0.5) is 0 Å². The Labute approximate surface area is 193 Å². The molecule has 0 unspecified atom stereocenters. The van der Waals surface area contributed by atoms with Crippen LogP contribution >= 0.6 is 34.9 Å². The highest BCUT2D eigenvalue weighted by atomic mass is 32.2. The number of aromatic nitrogens is 2. The van der Waals surface area contributed by atoms with Gasteiger partial charge in [-0.15, -0.1) is 0 Å². The van der Waals surface area contributed by atoms with Crippen LogP contribution in [0.2, 0.25) is 0 Å². The monoisotopic (exact) mass is 474 g/mol. The van der Waals surface area contributed by atoms with Gasteiger partial charge in [0, 0.05) is 10.9 Å². The van der Waals surface area contributed by atoms with Crippen molar-refractivity contribution in [1.29, 1.82) is 0 Å². The number of aryl methyl sites for hydroxylation is 1. The van der Waals surface area contributed by atoms with E-state index in [1.165, 1.54) is 40.4 Å². The number of hydrazone groups is 1. The van der Waals surface area contributed by atoms with Crippen molar-refractivity contribution in [2.24, 2.45) is 5.10 Å². The first-order chi connectivity index (χ1) is 15.0. The maximum Gasteiger partial charge on any atom is 0.323 e. The van der Waals surface area contributed by atoms with Gasteiger partial charge in [0.15, 0.2) is 0 Å². The van der Waals surface area contributed by atoms with Crippen molar-refractivity contribution in [3.8, 4) is 11.5 Å². The van der Waals surface area contributed by atoms with Gasteiger partial charge in [-0.05, 0) is 54.1 Å². The van der Waals surface area contributed by atoms with Crippen LogP contribution in [-0.2, 0) is 10.5 Å². The molecule has 0 spiro atoms. The number of ether oxygens (including phenoxy) is 1. The Balaban J connectivity index is 1.43. The predicted molar refractivity (Wildman–Crippen MR) is 123 cm³/mol. The van der Waals surface area contributed by atoms with E-state index in [2.05, 4.69) is 51.9 Å². The first kappa shape index (κ1) is 23.1. The van der Waals surface area contributed by atoms with E-state index in [0.717, 1.165) is 14.4 Å². The fourth-order valence-electron chi connectivity index (χ4n) is 2.41. The van der Waals surface area contributed by atoms with E-state index in [9.17, 15) is 9.90 Å². The van der Waals surface area contributed by atoms with E-state index < -0.39 is 0 Å². The average Bonchev–Trinajstić information content (AvgIpc) is 3.22. The van der Waals surface area contributed by atoms with Crippen molar-refractivity contribution in [2.75, 3.05) is 12.4 Å². The van der Waals surface area contributed by atoms with Crippen molar-refractivity contribution >= 4 is 47.0 Å². The molecular formula is C21H22N4O3S3. The smallest absolute Gasteiger partial charge is 0.323 e. The van der Waals surface area contributed by atoms with Crippen molar-refractivity contribution in [3.05, 3.63) is 59.2 Å². The summed E-state index contributed by atoms with van der Waals surface area (Å²) < 4.78 is 7.03. The molecule has 10 heteroatoms. The van der Waals surface area contributed by atoms with Gasteiger partial charge in [-0.3, -0.25) is 4.79 Å². The number of hydrogen-bond acceptors (Lipinski definition) is 8. The minimum Gasteiger partial charge on any atom is -0.870 e. The number of H-pyrrole nitrogens is 1. The molecule has 7 nitrogen and oxygen atoms in total. The second-order valence-electron chi connectivity index (χ2n) is 6.34. The number of benzene rings is 2. The lowest BCUT2D eigenvalue weighted by Gasteiger charge is -2.15. The zero-order chi connectivity index (χ0) is 22.1. The zero-order valence-corrected chi connectivity index (χ0v) is 19.5. The SMILES string of the molecule is CCOc1cccc(C=NNC(=O)CSc2n[nH+]c(SCc3ccc(C)cc3)s2)c1[O-]. The maximum absolute atomic E-state index is 12.2. The van der Waals surface area contributed by atoms with Gasteiger partial charge in [-0.25, -0.2) is 5.43 Å². The van der Waals surface area contributed by atoms with Crippen LogP contribution in [0.5, 0.6) is 11.5 Å². The van der Waals surface area contributed by atoms with Crippen LogP contribution in [0.3, 0.4) is 0 Å². The summed E-state index contributed by atoms with van der Waals surface area (Å²) in [5, 5.41) is 23.3. The molecule has 3 aromatic rings. The van der Waals surface area contributed by atoms with E-state index in [0.29, 0.717) is 12.2 Å². The van der Waals surface area contributed by atoms with Gasteiger partial charge in [0.1, 0.15) is 5.75 Å². The topological polar surface area (TPSA) is 101 Å². The number of carbonyl (C=O) groups excluding carboxylic acids is 1. The van der Waals surface area contributed by atoms with Crippen molar-refractivity contribution in [3.63, 3.8) is 0 Å². The summed E-state index contributed by atoms with van der Waals surface area (Å²) in [6.07, 6.45) is 1.32. The van der Waals surface area contributed by atoms with E-state index in [4.69, 9.17) is 4.74 Å². The number of carbonyl (C=O) groups is 1. The molecule has 3 rings (SSSR count). The Bertz CT molecular complexity index is 1040. The number of rotatable bonds is 10. The first-order valence-electron chi connectivity index (χ1n) is 9.49. The van der Waals surface area contributed by atoms with Crippen LogP contribution in [0.25, 0.3) is 0 Å². The van der Waals surface area contributed by atoms with Crippen LogP contribution in [0, 0.1) is 6.92 Å². The zero-order valence-electron chi connectivity index (χ0n) is 17.1. The number of nitrogens with one attached hydrogen (secondary N) is 2. The number of thioether (sulfide) groups is 2. The molecule has 0 aliphatic carbocycles. The van der Waals surface area contributed by atoms with E-state index in [-0.39, 0.29) is 23.2 Å². The number of amides is 1. The average molecular weight is 475 g/mol. The fraction of sp³-hybridized carbons (Fsp3) is 0.238. The second-order valence-corrected chi connectivity index (χ2v) is 9.81. The Kier molecular flexibility index (Phi) is 8.74. The largest absolute Gasteiger partial charge is 0.870 e. The number of aromatic amines is 1. The normalized spacial score (nSPS) is 11.0. The van der Waals surface area contributed by atoms with E-state index in [1.807, 2.05) is 6.92 Å². The highest BCUT2D eigenvalue weighted by molar-refractivity contribution is 8.03. The lowest BCUT2D eigenvalue weighted by molar-refractivity contribution is -0.492. The van der Waals surface area contributed by atoms with Crippen molar-refractivity contribution in [2.45, 2.75) is 28.3 Å². The first-order valence-corrected chi connectivity index (χ1v) is 12.3. The lowest BCUT2D eigenvalue weighted by atomic mass is 10.2. The summed E-state index contributed by atoms with van der Waals surface area (Å²) in [4.78, 5) is 12.0. The molecule has 0 aliphatic rings. The summed E-state index contributed by atoms with van der Waals surface area (Å²) in [5.74, 6) is 0.753. The molecule has 0 saturated carbocycles. The van der Waals surface area contributed by atoms with Crippen LogP contribution in [0.1, 0.15) is 23.6 Å². The summed E-state index contributed by atoms with van der Waals surface area (Å²) in [6.45, 7) is 4.29. The Hall–Kier alpha value is -2.56. The van der Waals surface area contributed by atoms with Crippen LogP contribution < -0.4 is 20.4 Å². The molecule has 0 fully saturated rings. The third kappa shape index (κ3) is 7.27. The van der Waals surface area contributed by atoms with Gasteiger partial charge in [0.05, 0.1) is 18.6 Å². The quantitative estimate of drug-likeness (QED) is 0.275. The number of hydrogen-bond donors (Lipinski definition) is 1. The summed E-state index contributed by atoms with van der Waals surface area (Å²) in [7, 11) is 0. The van der Waals surface area contributed by atoms with Gasteiger partial charge in [0.2, 0.25) is 4.34 Å². The van der Waals surface area contributed by atoms with Gasteiger partial charge < -0.3 is 9.84 Å². The molecule has 0 bridgehead atoms. The maximum atomic E-state index is 12.2. The third-order valence-electron chi connectivity index (χ3n) is 3.94. The third-order valence-corrected chi connectivity index (χ3v) is 7.26. The fourth-order valence-corrected chi connectivity index (χ4v) is 5.25. The molecule has 1 aromatic heterocycles. The van der Waals surface area contributed by atoms with Gasteiger partial charge >= 0.3 is 4.34 Å². The molecule has 0 atom stereocenters. The van der Waals surface area contributed by atoms with Crippen LogP contribution in [-0.4, -0.2) is 29.6 Å². The molecule has 1 heterocycles. The Morgan fingerprint density at radius 1 is 1.29 bits per heavy atom. The molecule has 0 saturated heterocycles. The minimum absolute atomic E-state index is 0.171. The molecule has 0 radical (unpaired) electrons. The van der Waals surface area contributed by atoms with E-state index >= 15 is 0 Å². The molecule has 1 amide bonds. The lowest BCUT2D eigenvalue weighted by Crippen LogP contribution is -2.19. The predicted octanol–water partition coefficient (Wildman–Crippen LogP) is 3.27. The molecule has 162 valence electrons. The molecule has 2 aromatic carbocycles. The molecule has 0 aliphatic heterocycles. The highest BCUT2D eigenvalue weighted by Gasteiger charge is 2.13. The van der Waals surface area contributed by atoms with Gasteiger partial charge in [-0.2, -0.15) is 5.10 Å². The number of nitrogens with zero attached hydrogens (tertiary/aromatic N) is 2. The van der Waals surface area contributed by atoms with Crippen LogP contribution in [0.15, 0.2) is 56.2 Å². The second kappa shape index (κ2) is 11.7. The van der Waals surface area contributed by atoms with Crippen molar-refractivity contribution < 1.29 is 19.7 Å². The minimum atomic E-state index is -0.279. The summed E-state index contributed by atoms with van der Waals surface area (Å²) in [5.41, 5.74) is 5.27. The Morgan fingerprint density at radius 2 is 2.10 bits per heavy atom. The number of para-hydroxylation sites is 1. The summed E-state index contributed by atoms with van der Waals surface area (Å²) in [6, 6.07) is 13.4. The molecule has 2 N–H and O–H groups in total. The highest BCUT2D eigenvalue weighted by Crippen LogP contribution is 2.29.